The van der Waals surface area contributed by atoms with Crippen LogP contribution in [0.15, 0.2) is 30.5 Å². The van der Waals surface area contributed by atoms with E-state index in [2.05, 4.69) is 15.6 Å². The van der Waals surface area contributed by atoms with Gasteiger partial charge in [-0.1, -0.05) is 18.2 Å². The molecule has 3 rings (SSSR count). The quantitative estimate of drug-likeness (QED) is 0.184. The van der Waals surface area contributed by atoms with Gasteiger partial charge in [0.15, 0.2) is 6.04 Å². The minimum atomic E-state index is -1.65. The molecule has 0 aliphatic carbocycles. The summed E-state index contributed by atoms with van der Waals surface area (Å²) in [5, 5.41) is 33.5. The smallest absolute Gasteiger partial charge is 0.328 e. The summed E-state index contributed by atoms with van der Waals surface area (Å²) >= 11 is 0. The molecule has 0 bridgehead atoms. The van der Waals surface area contributed by atoms with Gasteiger partial charge in [-0.15, -0.1) is 0 Å². The normalized spacial score (nSPS) is 18.4. The second-order valence-electron chi connectivity index (χ2n) is 9.42. The molecule has 1 aliphatic heterocycles. The number of aliphatic hydroxyl groups excluding tert-OH is 1. The first-order chi connectivity index (χ1) is 18.0. The van der Waals surface area contributed by atoms with Gasteiger partial charge in [-0.25, -0.2) is 4.79 Å². The summed E-state index contributed by atoms with van der Waals surface area (Å²) in [6, 6.07) is 2.70. The number of hydrogen-bond acceptors (Lipinski definition) is 7. The van der Waals surface area contributed by atoms with Crippen molar-refractivity contribution >= 4 is 40.6 Å². The number of hydrogen-bond donors (Lipinski definition) is 7. The van der Waals surface area contributed by atoms with Gasteiger partial charge in [0.25, 0.3) is 0 Å². The van der Waals surface area contributed by atoms with Crippen molar-refractivity contribution in [1.29, 1.82) is 0 Å². The molecule has 206 valence electrons. The van der Waals surface area contributed by atoms with Gasteiger partial charge in [0.2, 0.25) is 17.7 Å². The zero-order chi connectivity index (χ0) is 28.0. The molecule has 13 heteroatoms. The fourth-order valence-electron chi connectivity index (χ4n) is 4.59. The standard InChI is InChI=1S/C25H33N5O8/c1-13(31)21(25(37)38)29-22(34)18(8-9-20(32)33)28-23(35)19-7-4-10-30(19)24(36)16(26)11-14-12-27-17-6-3-2-5-15(14)17/h2-3,5-6,12-13,16,18-19,21,27,31H,4,7-11,26H2,1H3,(H,28,35)(H,29,34)(H,32,33)(H,37,38). The summed E-state index contributed by atoms with van der Waals surface area (Å²) in [6.45, 7) is 1.46. The maximum Gasteiger partial charge on any atom is 0.328 e. The largest absolute Gasteiger partial charge is 0.481 e. The maximum atomic E-state index is 13.2. The zero-order valence-corrected chi connectivity index (χ0v) is 20.9. The van der Waals surface area contributed by atoms with Gasteiger partial charge in [0.1, 0.15) is 12.1 Å². The number of carboxylic acid groups (broad SMARTS) is 2. The van der Waals surface area contributed by atoms with Crippen LogP contribution in [0.5, 0.6) is 0 Å². The SMILES string of the molecule is CC(O)C(NC(=O)C(CCC(=O)O)NC(=O)C1CCCN1C(=O)C(N)Cc1c[nH]c2ccccc12)C(=O)O. The lowest BCUT2D eigenvalue weighted by Gasteiger charge is -2.28. The Bertz CT molecular complexity index is 1200. The molecule has 2 heterocycles. The third-order valence-electron chi connectivity index (χ3n) is 6.60. The molecular weight excluding hydrogens is 498 g/mol. The number of para-hydroxylation sites is 1. The molecule has 0 radical (unpaired) electrons. The van der Waals surface area contributed by atoms with Gasteiger partial charge in [-0.2, -0.15) is 0 Å². The molecule has 2 aromatic rings. The van der Waals surface area contributed by atoms with Crippen molar-refractivity contribution in [2.45, 2.75) is 69.3 Å². The second kappa shape index (κ2) is 12.5. The Morgan fingerprint density at radius 1 is 1.16 bits per heavy atom. The fraction of sp³-hybridized carbons (Fsp3) is 0.480. The summed E-state index contributed by atoms with van der Waals surface area (Å²) in [5.41, 5.74) is 8.01. The number of likely N-dealkylation sites (tertiary alicyclic amines) is 1. The summed E-state index contributed by atoms with van der Waals surface area (Å²) < 4.78 is 0. The van der Waals surface area contributed by atoms with Crippen molar-refractivity contribution in [1.82, 2.24) is 20.5 Å². The van der Waals surface area contributed by atoms with Crippen molar-refractivity contribution in [3.05, 3.63) is 36.0 Å². The Kier molecular flexibility index (Phi) is 9.42. The number of carbonyl (C=O) groups excluding carboxylic acids is 3. The van der Waals surface area contributed by atoms with E-state index in [1.54, 1.807) is 6.20 Å². The van der Waals surface area contributed by atoms with Crippen molar-refractivity contribution in [3.8, 4) is 0 Å². The predicted octanol–water partition coefficient (Wildman–Crippen LogP) is -0.671. The molecular formula is C25H33N5O8. The third kappa shape index (κ3) is 6.86. The highest BCUT2D eigenvalue weighted by Crippen LogP contribution is 2.22. The van der Waals surface area contributed by atoms with Crippen LogP contribution in [-0.2, 0) is 30.4 Å². The number of benzene rings is 1. The van der Waals surface area contributed by atoms with E-state index in [-0.39, 0.29) is 19.4 Å². The lowest BCUT2D eigenvalue weighted by atomic mass is 10.0. The first-order valence-corrected chi connectivity index (χ1v) is 12.3. The van der Waals surface area contributed by atoms with Crippen molar-refractivity contribution in [2.24, 2.45) is 5.73 Å². The van der Waals surface area contributed by atoms with Crippen LogP contribution in [0.2, 0.25) is 0 Å². The van der Waals surface area contributed by atoms with Crippen LogP contribution < -0.4 is 16.4 Å². The van der Waals surface area contributed by atoms with Gasteiger partial charge in [-0.05, 0) is 44.2 Å². The van der Waals surface area contributed by atoms with Gasteiger partial charge in [0, 0.05) is 30.1 Å². The van der Waals surface area contributed by atoms with E-state index in [4.69, 9.17) is 10.8 Å². The molecule has 1 aliphatic rings. The average Bonchev–Trinajstić information content (AvgIpc) is 3.51. The molecule has 1 fully saturated rings. The molecule has 5 unspecified atom stereocenters. The van der Waals surface area contributed by atoms with E-state index in [0.29, 0.717) is 12.8 Å². The number of H-pyrrole nitrogens is 1. The van der Waals surface area contributed by atoms with Crippen LogP contribution in [-0.4, -0.2) is 91.7 Å². The highest BCUT2D eigenvalue weighted by Gasteiger charge is 2.38. The zero-order valence-electron chi connectivity index (χ0n) is 20.9. The van der Waals surface area contributed by atoms with Crippen molar-refractivity contribution in [3.63, 3.8) is 0 Å². The van der Waals surface area contributed by atoms with Crippen LogP contribution in [0.3, 0.4) is 0 Å². The van der Waals surface area contributed by atoms with E-state index >= 15 is 0 Å². The number of carbonyl (C=O) groups is 5. The van der Waals surface area contributed by atoms with Crippen LogP contribution >= 0.6 is 0 Å². The Morgan fingerprint density at radius 3 is 2.53 bits per heavy atom. The number of amides is 3. The van der Waals surface area contributed by atoms with E-state index in [9.17, 15) is 34.2 Å². The van der Waals surface area contributed by atoms with Crippen LogP contribution in [0.25, 0.3) is 10.9 Å². The molecule has 1 aromatic carbocycles. The lowest BCUT2D eigenvalue weighted by molar-refractivity contribution is -0.146. The maximum absolute atomic E-state index is 13.2. The second-order valence-corrected chi connectivity index (χ2v) is 9.42. The summed E-state index contributed by atoms with van der Waals surface area (Å²) in [6.07, 6.45) is 0.638. The highest BCUT2D eigenvalue weighted by atomic mass is 16.4. The summed E-state index contributed by atoms with van der Waals surface area (Å²) in [4.78, 5) is 66.0. The number of nitrogens with one attached hydrogen (secondary N) is 3. The Morgan fingerprint density at radius 2 is 1.87 bits per heavy atom. The topological polar surface area (TPSA) is 215 Å². The molecule has 0 saturated carbocycles. The van der Waals surface area contributed by atoms with Gasteiger partial charge in [0.05, 0.1) is 12.1 Å². The van der Waals surface area contributed by atoms with Gasteiger partial charge in [-0.3, -0.25) is 19.2 Å². The number of rotatable bonds is 12. The lowest BCUT2D eigenvalue weighted by Crippen LogP contribution is -2.58. The molecule has 1 saturated heterocycles. The van der Waals surface area contributed by atoms with E-state index in [0.717, 1.165) is 16.5 Å². The fourth-order valence-corrected chi connectivity index (χ4v) is 4.59. The van der Waals surface area contributed by atoms with Gasteiger partial charge >= 0.3 is 11.9 Å². The van der Waals surface area contributed by atoms with E-state index < -0.39 is 66.4 Å². The van der Waals surface area contributed by atoms with Crippen LogP contribution in [0.4, 0.5) is 0 Å². The first-order valence-electron chi connectivity index (χ1n) is 12.3. The number of aromatic nitrogens is 1. The van der Waals surface area contributed by atoms with Crippen molar-refractivity contribution < 1.29 is 39.3 Å². The number of aliphatic hydroxyl groups is 1. The number of aliphatic carboxylic acids is 2. The van der Waals surface area contributed by atoms with E-state index in [1.807, 2.05) is 24.3 Å². The van der Waals surface area contributed by atoms with Crippen LogP contribution in [0, 0.1) is 0 Å². The minimum Gasteiger partial charge on any atom is -0.481 e. The molecule has 8 N–H and O–H groups in total. The Hall–Kier alpha value is -3.97. The highest BCUT2D eigenvalue weighted by molar-refractivity contribution is 5.95. The molecule has 38 heavy (non-hydrogen) atoms. The molecule has 1 aromatic heterocycles. The predicted molar refractivity (Wildman–Crippen MR) is 135 cm³/mol. The van der Waals surface area contributed by atoms with Gasteiger partial charge < -0.3 is 41.6 Å². The molecule has 0 spiro atoms. The Balaban J connectivity index is 1.69. The Labute approximate surface area is 218 Å². The number of nitrogens with zero attached hydrogens (tertiary/aromatic N) is 1. The molecule has 13 nitrogen and oxygen atoms in total. The number of nitrogens with two attached hydrogens (primary N) is 1. The third-order valence-corrected chi connectivity index (χ3v) is 6.60. The summed E-state index contributed by atoms with van der Waals surface area (Å²) in [7, 11) is 0. The number of aromatic amines is 1. The van der Waals surface area contributed by atoms with Crippen LogP contribution in [0.1, 0.15) is 38.2 Å². The first kappa shape index (κ1) is 28.6. The minimum absolute atomic E-state index is 0.243. The number of carboxylic acids is 2. The van der Waals surface area contributed by atoms with Crippen molar-refractivity contribution in [2.75, 3.05) is 6.54 Å². The monoisotopic (exact) mass is 531 g/mol. The average molecular weight is 532 g/mol. The number of fused-ring (bicyclic) bond motifs is 1. The van der Waals surface area contributed by atoms with E-state index in [1.165, 1.54) is 11.8 Å². The molecule has 5 atom stereocenters. The molecule has 3 amide bonds. The summed E-state index contributed by atoms with van der Waals surface area (Å²) in [5.74, 6) is -4.78.